The molecule has 1 aromatic carbocycles. The number of carbonyl (C=O) groups is 3. The lowest BCUT2D eigenvalue weighted by Crippen LogP contribution is -2.58. The number of alkyl halides is 1. The standard InChI is InChI=1S/C30H36FN5O7/c1-30(2,3)43-29(40)35-15-18(11-26(35)37)17-6-8-20(24(10-17)42-16-41-5)21-13-33-25(14-32-21)34(4)23-12-19-7-9-22(27(23)31)36(19)28(38)39/h6,8,10-11,13-14,19,22-23,27H,7,9,12,15-16H2,1-5H3,(H,38,39)/t19-,22+,23-,27+/m0/s1. The molecule has 230 valence electrons. The second kappa shape index (κ2) is 11.8. The third kappa shape index (κ3) is 6.12. The summed E-state index contributed by atoms with van der Waals surface area (Å²) in [6.45, 7) is 5.22. The average Bonchev–Trinajstić information content (AvgIpc) is 3.52. The van der Waals surface area contributed by atoms with Gasteiger partial charge >= 0.3 is 12.2 Å². The van der Waals surface area contributed by atoms with Crippen LogP contribution in [0.2, 0.25) is 0 Å². The summed E-state index contributed by atoms with van der Waals surface area (Å²) in [6.07, 6.45) is 2.93. The van der Waals surface area contributed by atoms with E-state index < -0.39 is 42.0 Å². The van der Waals surface area contributed by atoms with Crippen LogP contribution in [0.5, 0.6) is 5.75 Å². The number of piperidine rings is 1. The molecule has 3 amide bonds. The molecule has 12 nitrogen and oxygen atoms in total. The number of hydrogen-bond donors (Lipinski definition) is 1. The molecule has 0 saturated carbocycles. The molecule has 1 N–H and O–H groups in total. The molecule has 4 heterocycles. The van der Waals surface area contributed by atoms with E-state index in [-0.39, 0.29) is 19.4 Å². The number of halogens is 1. The van der Waals surface area contributed by atoms with Gasteiger partial charge in [0.15, 0.2) is 6.79 Å². The van der Waals surface area contributed by atoms with Crippen LogP contribution in [0.4, 0.5) is 19.8 Å². The van der Waals surface area contributed by atoms with Gasteiger partial charge in [-0.2, -0.15) is 0 Å². The van der Waals surface area contributed by atoms with E-state index in [4.69, 9.17) is 14.2 Å². The number of benzene rings is 1. The summed E-state index contributed by atoms with van der Waals surface area (Å²) in [5, 5.41) is 9.52. The molecule has 3 aliphatic heterocycles. The number of fused-ring (bicyclic) bond motifs is 2. The smallest absolute Gasteiger partial charge is 0.417 e. The van der Waals surface area contributed by atoms with Gasteiger partial charge in [0.2, 0.25) is 0 Å². The van der Waals surface area contributed by atoms with Crippen molar-refractivity contribution < 1.29 is 38.1 Å². The molecule has 43 heavy (non-hydrogen) atoms. The summed E-state index contributed by atoms with van der Waals surface area (Å²) < 4.78 is 31.8. The van der Waals surface area contributed by atoms with Crippen molar-refractivity contribution in [3.8, 4) is 17.0 Å². The number of methoxy groups -OCH3 is 1. The van der Waals surface area contributed by atoms with Gasteiger partial charge in [0.1, 0.15) is 23.3 Å². The number of carbonyl (C=O) groups excluding carboxylic acids is 2. The minimum atomic E-state index is -1.34. The van der Waals surface area contributed by atoms with Crippen molar-refractivity contribution in [2.75, 3.05) is 32.4 Å². The molecular formula is C30H36FN5O7. The number of anilines is 1. The van der Waals surface area contributed by atoms with Crippen molar-refractivity contribution in [1.82, 2.24) is 19.8 Å². The van der Waals surface area contributed by atoms with Gasteiger partial charge in [-0.3, -0.25) is 14.7 Å². The first kappa shape index (κ1) is 30.2. The molecule has 2 fully saturated rings. The Balaban J connectivity index is 1.34. The van der Waals surface area contributed by atoms with Crippen molar-refractivity contribution in [3.05, 3.63) is 42.2 Å². The SMILES string of the molecule is COCOc1cc(C2=CC(=O)N(C(=O)OC(C)(C)C)C2)ccc1-c1cnc(N(C)[C@H]2C[C@@H]3CC[C@H]([C@H]2F)N3C(=O)O)cn1. The molecule has 13 heteroatoms. The topological polar surface area (TPSA) is 135 Å². The molecule has 3 aliphatic rings. The number of nitrogens with zero attached hydrogens (tertiary/aromatic N) is 5. The molecule has 0 spiro atoms. The predicted octanol–water partition coefficient (Wildman–Crippen LogP) is 4.34. The summed E-state index contributed by atoms with van der Waals surface area (Å²) in [5.41, 5.74) is 1.68. The summed E-state index contributed by atoms with van der Waals surface area (Å²) >= 11 is 0. The Morgan fingerprint density at radius 3 is 2.60 bits per heavy atom. The summed E-state index contributed by atoms with van der Waals surface area (Å²) in [6, 6.07) is 3.94. The summed E-state index contributed by atoms with van der Waals surface area (Å²) in [7, 11) is 3.24. The van der Waals surface area contributed by atoms with Gasteiger partial charge in [0, 0.05) is 31.8 Å². The number of aromatic nitrogens is 2. The molecule has 0 unspecified atom stereocenters. The Hall–Kier alpha value is -4.26. The quantitative estimate of drug-likeness (QED) is 0.459. The molecule has 1 aromatic heterocycles. The lowest BCUT2D eigenvalue weighted by molar-refractivity contribution is -0.123. The van der Waals surface area contributed by atoms with E-state index in [1.54, 1.807) is 63.3 Å². The Morgan fingerprint density at radius 1 is 1.19 bits per heavy atom. The molecule has 2 aromatic rings. The van der Waals surface area contributed by atoms with Crippen LogP contribution in [0.25, 0.3) is 16.8 Å². The Labute approximate surface area is 249 Å². The highest BCUT2D eigenvalue weighted by Crippen LogP contribution is 2.40. The molecule has 5 rings (SSSR count). The van der Waals surface area contributed by atoms with Crippen LogP contribution < -0.4 is 9.64 Å². The van der Waals surface area contributed by atoms with Gasteiger partial charge in [0.05, 0.1) is 36.7 Å². The normalized spacial score (nSPS) is 23.3. The fraction of sp³-hybridized carbons (Fsp3) is 0.500. The molecule has 4 atom stereocenters. The van der Waals surface area contributed by atoms with Crippen LogP contribution >= 0.6 is 0 Å². The number of imide groups is 1. The van der Waals surface area contributed by atoms with E-state index >= 15 is 4.39 Å². The maximum atomic E-state index is 15.5. The number of rotatable bonds is 7. The first-order valence-corrected chi connectivity index (χ1v) is 14.1. The third-order valence-electron chi connectivity index (χ3n) is 7.98. The zero-order valence-electron chi connectivity index (χ0n) is 24.8. The van der Waals surface area contributed by atoms with Crippen LogP contribution in [0.1, 0.15) is 45.6 Å². The minimum absolute atomic E-state index is 0.0397. The third-order valence-corrected chi connectivity index (χ3v) is 7.98. The fourth-order valence-corrected chi connectivity index (χ4v) is 5.95. The van der Waals surface area contributed by atoms with Crippen LogP contribution in [0.3, 0.4) is 0 Å². The van der Waals surface area contributed by atoms with Crippen molar-refractivity contribution >= 4 is 29.5 Å². The largest absolute Gasteiger partial charge is 0.467 e. The van der Waals surface area contributed by atoms with Crippen molar-refractivity contribution in [1.29, 1.82) is 0 Å². The van der Waals surface area contributed by atoms with E-state index in [0.29, 0.717) is 53.2 Å². The van der Waals surface area contributed by atoms with E-state index in [1.165, 1.54) is 18.1 Å². The highest BCUT2D eigenvalue weighted by Gasteiger charge is 2.51. The van der Waals surface area contributed by atoms with Gasteiger partial charge in [-0.15, -0.1) is 0 Å². The molecule has 0 aliphatic carbocycles. The summed E-state index contributed by atoms with van der Waals surface area (Å²) in [5.74, 6) is 0.433. The second-order valence-corrected chi connectivity index (χ2v) is 11.9. The van der Waals surface area contributed by atoms with Crippen LogP contribution in [-0.4, -0.2) is 100 Å². The highest BCUT2D eigenvalue weighted by molar-refractivity contribution is 6.08. The minimum Gasteiger partial charge on any atom is -0.467 e. The molecule has 0 radical (unpaired) electrons. The monoisotopic (exact) mass is 597 g/mol. The molecule has 2 saturated heterocycles. The molecular weight excluding hydrogens is 561 g/mol. The van der Waals surface area contributed by atoms with Gasteiger partial charge in [-0.05, 0) is 63.3 Å². The number of ether oxygens (including phenoxy) is 3. The van der Waals surface area contributed by atoms with Gasteiger partial charge < -0.3 is 24.2 Å². The van der Waals surface area contributed by atoms with Crippen molar-refractivity contribution in [2.24, 2.45) is 0 Å². The van der Waals surface area contributed by atoms with Crippen molar-refractivity contribution in [2.45, 2.75) is 69.9 Å². The second-order valence-electron chi connectivity index (χ2n) is 11.9. The first-order chi connectivity index (χ1) is 20.4. The Bertz CT molecular complexity index is 1430. The maximum absolute atomic E-state index is 15.5. The van der Waals surface area contributed by atoms with Gasteiger partial charge in [-0.25, -0.2) is 23.9 Å². The first-order valence-electron chi connectivity index (χ1n) is 14.1. The highest BCUT2D eigenvalue weighted by atomic mass is 19.1. The van der Waals surface area contributed by atoms with Gasteiger partial charge in [-0.1, -0.05) is 6.07 Å². The number of amides is 3. The zero-order valence-corrected chi connectivity index (χ0v) is 24.8. The average molecular weight is 598 g/mol. The van der Waals surface area contributed by atoms with E-state index in [2.05, 4.69) is 9.97 Å². The van der Waals surface area contributed by atoms with Gasteiger partial charge in [0.25, 0.3) is 5.91 Å². The predicted molar refractivity (Wildman–Crippen MR) is 154 cm³/mol. The van der Waals surface area contributed by atoms with Crippen LogP contribution in [-0.2, 0) is 14.3 Å². The van der Waals surface area contributed by atoms with Crippen LogP contribution in [0, 0.1) is 0 Å². The van der Waals surface area contributed by atoms with Crippen molar-refractivity contribution in [3.63, 3.8) is 0 Å². The Kier molecular flexibility index (Phi) is 8.28. The lowest BCUT2D eigenvalue weighted by Gasteiger charge is -2.43. The lowest BCUT2D eigenvalue weighted by atomic mass is 9.94. The number of carboxylic acid groups (broad SMARTS) is 1. The zero-order chi connectivity index (χ0) is 31.1. The Morgan fingerprint density at radius 2 is 1.95 bits per heavy atom. The fourth-order valence-electron chi connectivity index (χ4n) is 5.95. The van der Waals surface area contributed by atoms with Crippen LogP contribution in [0.15, 0.2) is 36.7 Å². The van der Waals surface area contributed by atoms with E-state index in [1.807, 2.05) is 0 Å². The molecule has 2 bridgehead atoms. The number of hydrogen-bond acceptors (Lipinski definition) is 9. The maximum Gasteiger partial charge on any atom is 0.417 e. The van der Waals surface area contributed by atoms with E-state index in [9.17, 15) is 19.5 Å². The van der Waals surface area contributed by atoms with E-state index in [0.717, 1.165) is 4.90 Å². The summed E-state index contributed by atoms with van der Waals surface area (Å²) in [4.78, 5) is 49.9.